The molecule has 0 unspecified atom stereocenters. The summed E-state index contributed by atoms with van der Waals surface area (Å²) in [5.41, 5.74) is 1.49. The van der Waals surface area contributed by atoms with Crippen molar-refractivity contribution in [1.82, 2.24) is 0 Å². The third kappa shape index (κ3) is 3.55. The predicted octanol–water partition coefficient (Wildman–Crippen LogP) is 3.71. The van der Waals surface area contributed by atoms with E-state index in [0.29, 0.717) is 0 Å². The van der Waals surface area contributed by atoms with Crippen molar-refractivity contribution in [3.63, 3.8) is 0 Å². The molecule has 0 saturated carbocycles. The SMILES string of the molecule is Cc1scc(NC(=O)OC(C)(C)C)c1C. The molecule has 1 aromatic heterocycles. The van der Waals surface area contributed by atoms with Gasteiger partial charge in [0.15, 0.2) is 0 Å². The van der Waals surface area contributed by atoms with E-state index in [1.807, 2.05) is 40.0 Å². The van der Waals surface area contributed by atoms with Gasteiger partial charge in [-0.1, -0.05) is 0 Å². The van der Waals surface area contributed by atoms with Crippen LogP contribution in [0.2, 0.25) is 0 Å². The summed E-state index contributed by atoms with van der Waals surface area (Å²) in [5, 5.41) is 4.66. The van der Waals surface area contributed by atoms with E-state index < -0.39 is 11.7 Å². The quantitative estimate of drug-likeness (QED) is 0.794. The third-order valence-corrected chi connectivity index (χ3v) is 2.93. The highest BCUT2D eigenvalue weighted by molar-refractivity contribution is 7.10. The fraction of sp³-hybridized carbons (Fsp3) is 0.545. The third-order valence-electron chi connectivity index (χ3n) is 1.92. The molecule has 0 aliphatic rings. The summed E-state index contributed by atoms with van der Waals surface area (Å²) in [5.74, 6) is 0. The second-order valence-corrected chi connectivity index (χ2v) is 5.54. The van der Waals surface area contributed by atoms with Crippen molar-refractivity contribution >= 4 is 23.1 Å². The minimum Gasteiger partial charge on any atom is -0.444 e. The van der Waals surface area contributed by atoms with Gasteiger partial charge < -0.3 is 4.74 Å². The molecule has 1 aromatic rings. The molecule has 1 heterocycles. The lowest BCUT2D eigenvalue weighted by molar-refractivity contribution is 0.0636. The van der Waals surface area contributed by atoms with E-state index in [1.54, 1.807) is 11.3 Å². The van der Waals surface area contributed by atoms with Crippen LogP contribution in [0.1, 0.15) is 31.2 Å². The van der Waals surface area contributed by atoms with Crippen LogP contribution in [-0.2, 0) is 4.74 Å². The number of aryl methyl sites for hydroxylation is 1. The standard InChI is InChI=1S/C11H17NO2S/c1-7-8(2)15-6-9(7)12-10(13)14-11(3,4)5/h6H,1-5H3,(H,12,13). The Morgan fingerprint density at radius 3 is 2.40 bits per heavy atom. The van der Waals surface area contributed by atoms with Gasteiger partial charge in [-0.3, -0.25) is 5.32 Å². The van der Waals surface area contributed by atoms with Crippen molar-refractivity contribution in [3.05, 3.63) is 15.8 Å². The molecule has 0 aliphatic heterocycles. The van der Waals surface area contributed by atoms with Gasteiger partial charge in [-0.2, -0.15) is 0 Å². The highest BCUT2D eigenvalue weighted by atomic mass is 32.1. The Morgan fingerprint density at radius 1 is 1.40 bits per heavy atom. The molecule has 15 heavy (non-hydrogen) atoms. The van der Waals surface area contributed by atoms with Crippen molar-refractivity contribution < 1.29 is 9.53 Å². The molecular weight excluding hydrogens is 210 g/mol. The van der Waals surface area contributed by atoms with Crippen molar-refractivity contribution in [3.8, 4) is 0 Å². The van der Waals surface area contributed by atoms with Gasteiger partial charge in [0.05, 0.1) is 5.69 Å². The van der Waals surface area contributed by atoms with Gasteiger partial charge in [-0.15, -0.1) is 11.3 Å². The molecule has 0 atom stereocenters. The van der Waals surface area contributed by atoms with Crippen LogP contribution in [0, 0.1) is 13.8 Å². The van der Waals surface area contributed by atoms with Crippen LogP contribution in [-0.4, -0.2) is 11.7 Å². The van der Waals surface area contributed by atoms with Gasteiger partial charge >= 0.3 is 6.09 Å². The monoisotopic (exact) mass is 227 g/mol. The Kier molecular flexibility index (Phi) is 3.39. The van der Waals surface area contributed by atoms with Gasteiger partial charge in [0.2, 0.25) is 0 Å². The van der Waals surface area contributed by atoms with Gasteiger partial charge in [-0.05, 0) is 40.2 Å². The molecule has 1 amide bonds. The average molecular weight is 227 g/mol. The molecule has 0 aromatic carbocycles. The minimum absolute atomic E-state index is 0.400. The second-order valence-electron chi connectivity index (χ2n) is 4.46. The summed E-state index contributed by atoms with van der Waals surface area (Å²) < 4.78 is 5.16. The first-order valence-corrected chi connectivity index (χ1v) is 5.72. The smallest absolute Gasteiger partial charge is 0.412 e. The minimum atomic E-state index is -0.455. The van der Waals surface area contributed by atoms with E-state index in [4.69, 9.17) is 4.74 Å². The number of hydrogen-bond acceptors (Lipinski definition) is 3. The summed E-state index contributed by atoms with van der Waals surface area (Å²) in [4.78, 5) is 12.7. The molecule has 1 rings (SSSR count). The van der Waals surface area contributed by atoms with Crippen molar-refractivity contribution in [2.45, 2.75) is 40.2 Å². The Balaban J connectivity index is 2.63. The zero-order valence-corrected chi connectivity index (χ0v) is 10.6. The number of carbonyl (C=O) groups is 1. The maximum absolute atomic E-state index is 11.5. The number of ether oxygens (including phenoxy) is 1. The summed E-state index contributed by atoms with van der Waals surface area (Å²) in [7, 11) is 0. The number of rotatable bonds is 1. The highest BCUT2D eigenvalue weighted by Crippen LogP contribution is 2.25. The molecule has 0 radical (unpaired) electrons. The van der Waals surface area contributed by atoms with Crippen LogP contribution in [0.5, 0.6) is 0 Å². The van der Waals surface area contributed by atoms with Gasteiger partial charge in [-0.25, -0.2) is 4.79 Å². The van der Waals surface area contributed by atoms with E-state index in [0.717, 1.165) is 11.3 Å². The first-order chi connectivity index (χ1) is 6.79. The predicted molar refractivity (Wildman–Crippen MR) is 63.6 cm³/mol. The molecule has 1 N–H and O–H groups in total. The normalized spacial score (nSPS) is 11.3. The van der Waals surface area contributed by atoms with Crippen LogP contribution in [0.25, 0.3) is 0 Å². The van der Waals surface area contributed by atoms with Crippen LogP contribution in [0.15, 0.2) is 5.38 Å². The first kappa shape index (κ1) is 12.0. The molecule has 84 valence electrons. The zero-order chi connectivity index (χ0) is 11.6. The second kappa shape index (κ2) is 4.23. The molecule has 3 nitrogen and oxygen atoms in total. The zero-order valence-electron chi connectivity index (χ0n) is 9.80. The molecule has 4 heteroatoms. The summed E-state index contributed by atoms with van der Waals surface area (Å²) in [6.45, 7) is 9.55. The lowest BCUT2D eigenvalue weighted by Gasteiger charge is -2.19. The summed E-state index contributed by atoms with van der Waals surface area (Å²) in [6.07, 6.45) is -0.400. The van der Waals surface area contributed by atoms with Crippen LogP contribution in [0.3, 0.4) is 0 Å². The summed E-state index contributed by atoms with van der Waals surface area (Å²) >= 11 is 1.62. The largest absolute Gasteiger partial charge is 0.444 e. The van der Waals surface area contributed by atoms with Crippen LogP contribution >= 0.6 is 11.3 Å². The lowest BCUT2D eigenvalue weighted by atomic mass is 10.2. The van der Waals surface area contributed by atoms with E-state index in [9.17, 15) is 4.79 Å². The topological polar surface area (TPSA) is 38.3 Å². The van der Waals surface area contributed by atoms with Crippen LogP contribution < -0.4 is 5.32 Å². The molecule has 0 spiro atoms. The van der Waals surface area contributed by atoms with E-state index in [2.05, 4.69) is 5.32 Å². The number of nitrogens with one attached hydrogen (secondary N) is 1. The Bertz CT molecular complexity index is 363. The lowest BCUT2D eigenvalue weighted by Crippen LogP contribution is -2.27. The van der Waals surface area contributed by atoms with Crippen molar-refractivity contribution in [1.29, 1.82) is 0 Å². The molecule has 0 saturated heterocycles. The Morgan fingerprint density at radius 2 is 2.00 bits per heavy atom. The van der Waals surface area contributed by atoms with E-state index in [1.165, 1.54) is 4.88 Å². The Labute approximate surface area is 94.5 Å². The maximum atomic E-state index is 11.5. The van der Waals surface area contributed by atoms with E-state index >= 15 is 0 Å². The van der Waals surface area contributed by atoms with Crippen molar-refractivity contribution in [2.24, 2.45) is 0 Å². The maximum Gasteiger partial charge on any atom is 0.412 e. The number of carbonyl (C=O) groups excluding carboxylic acids is 1. The number of hydrogen-bond donors (Lipinski definition) is 1. The first-order valence-electron chi connectivity index (χ1n) is 4.84. The van der Waals surface area contributed by atoms with Crippen molar-refractivity contribution in [2.75, 3.05) is 5.32 Å². The van der Waals surface area contributed by atoms with Gasteiger partial charge in [0.25, 0.3) is 0 Å². The van der Waals surface area contributed by atoms with Crippen LogP contribution in [0.4, 0.5) is 10.5 Å². The van der Waals surface area contributed by atoms with E-state index in [-0.39, 0.29) is 0 Å². The molecule has 0 bridgehead atoms. The van der Waals surface area contributed by atoms with Gasteiger partial charge in [0.1, 0.15) is 5.60 Å². The molecule has 0 aliphatic carbocycles. The number of anilines is 1. The van der Waals surface area contributed by atoms with Gasteiger partial charge in [0, 0.05) is 10.3 Å². The highest BCUT2D eigenvalue weighted by Gasteiger charge is 2.17. The fourth-order valence-electron chi connectivity index (χ4n) is 1.05. The summed E-state index contributed by atoms with van der Waals surface area (Å²) in [6, 6.07) is 0. The number of thiophene rings is 1. The molecule has 0 fully saturated rings. The average Bonchev–Trinajstić information content (AvgIpc) is 2.32. The molecular formula is C11H17NO2S. The fourth-order valence-corrected chi connectivity index (χ4v) is 1.87. The number of amides is 1. The Hall–Kier alpha value is -1.03.